The van der Waals surface area contributed by atoms with Crippen molar-refractivity contribution >= 4 is 28.2 Å². The van der Waals surface area contributed by atoms with Gasteiger partial charge in [-0.2, -0.15) is 18.3 Å². The topological polar surface area (TPSA) is 48.0 Å². The van der Waals surface area contributed by atoms with Crippen molar-refractivity contribution in [1.82, 2.24) is 24.1 Å². The second kappa shape index (κ2) is 5.70. The summed E-state index contributed by atoms with van der Waals surface area (Å²) in [4.78, 5) is 7.99. The molecule has 9 heteroatoms. The maximum absolute atomic E-state index is 13.5. The summed E-state index contributed by atoms with van der Waals surface area (Å²) in [6.07, 6.45) is -0.194. The molecular weight excluding hydrogens is 367 g/mol. The number of fused-ring (bicyclic) bond motifs is 2. The van der Waals surface area contributed by atoms with Gasteiger partial charge in [0.25, 0.3) is 0 Å². The monoisotopic (exact) mass is 379 g/mol. The van der Waals surface area contributed by atoms with Crippen LogP contribution in [0, 0.1) is 0 Å². The zero-order valence-electron chi connectivity index (χ0n) is 13.8. The molecule has 0 aliphatic heterocycles. The molecule has 0 aliphatic rings. The summed E-state index contributed by atoms with van der Waals surface area (Å²) in [5, 5.41) is 5.49. The highest BCUT2D eigenvalue weighted by Gasteiger charge is 2.39. The number of nitrogens with zero attached hydrogens (tertiary/aromatic N) is 5. The van der Waals surface area contributed by atoms with Gasteiger partial charge in [-0.05, 0) is 12.0 Å². The molecule has 3 aromatic heterocycles. The lowest BCUT2D eigenvalue weighted by Gasteiger charge is -2.10. The van der Waals surface area contributed by atoms with Crippen molar-refractivity contribution in [3.05, 3.63) is 53.3 Å². The van der Waals surface area contributed by atoms with Crippen molar-refractivity contribution in [2.24, 2.45) is 0 Å². The summed E-state index contributed by atoms with van der Waals surface area (Å²) in [6.45, 7) is 3.37. The first-order valence-electron chi connectivity index (χ1n) is 7.85. The zero-order valence-corrected chi connectivity index (χ0v) is 14.5. The molecule has 0 fully saturated rings. The smallest absolute Gasteiger partial charge is 0.285 e. The average molecular weight is 380 g/mol. The van der Waals surface area contributed by atoms with Crippen LogP contribution in [0.3, 0.4) is 0 Å². The summed E-state index contributed by atoms with van der Waals surface area (Å²) in [5.41, 5.74) is 0.189. The molecule has 0 unspecified atom stereocenters. The number of aromatic nitrogens is 5. The van der Waals surface area contributed by atoms with Crippen LogP contribution < -0.4 is 0 Å². The lowest BCUT2D eigenvalue weighted by Crippen LogP contribution is -2.11. The van der Waals surface area contributed by atoms with E-state index in [9.17, 15) is 13.2 Å². The molecule has 26 heavy (non-hydrogen) atoms. The second-order valence-corrected chi connectivity index (χ2v) is 6.61. The van der Waals surface area contributed by atoms with E-state index in [1.165, 1.54) is 21.6 Å². The molecule has 0 radical (unpaired) electrons. The van der Waals surface area contributed by atoms with E-state index in [4.69, 9.17) is 11.6 Å². The Morgan fingerprint density at radius 1 is 1.15 bits per heavy atom. The van der Waals surface area contributed by atoms with Crippen LogP contribution in [0.4, 0.5) is 13.2 Å². The van der Waals surface area contributed by atoms with Crippen LogP contribution in [-0.4, -0.2) is 24.1 Å². The number of rotatable bonds is 2. The predicted octanol–water partition coefficient (Wildman–Crippen LogP) is 4.86. The first-order chi connectivity index (χ1) is 12.3. The van der Waals surface area contributed by atoms with E-state index in [-0.39, 0.29) is 11.3 Å². The van der Waals surface area contributed by atoms with E-state index in [0.29, 0.717) is 16.2 Å². The molecular formula is C17H13ClF3N5. The summed E-state index contributed by atoms with van der Waals surface area (Å²) in [5.74, 6) is -0.392. The first-order valence-corrected chi connectivity index (χ1v) is 8.22. The highest BCUT2D eigenvalue weighted by Crippen LogP contribution is 2.36. The van der Waals surface area contributed by atoms with Crippen molar-refractivity contribution < 1.29 is 13.2 Å². The standard InChI is InChI=1S/C17H13ClF3N5/c1-9(2)13-15(17(19,20)21)24-16-12(7-22-8-25(13)16)26-14-10(6-23-26)4-3-5-11(14)18/h3-9H,1-2H3. The third-order valence-corrected chi connectivity index (χ3v) is 4.45. The summed E-state index contributed by atoms with van der Waals surface area (Å²) < 4.78 is 43.3. The molecule has 0 N–H and O–H groups in total. The highest BCUT2D eigenvalue weighted by atomic mass is 35.5. The Labute approximate surface area is 151 Å². The van der Waals surface area contributed by atoms with Crippen molar-refractivity contribution in [3.63, 3.8) is 0 Å². The van der Waals surface area contributed by atoms with Gasteiger partial charge in [-0.25, -0.2) is 14.6 Å². The zero-order chi connectivity index (χ0) is 18.6. The Kier molecular flexibility index (Phi) is 3.69. The minimum Gasteiger partial charge on any atom is -0.285 e. The number of para-hydroxylation sites is 1. The Balaban J connectivity index is 2.09. The van der Waals surface area contributed by atoms with Gasteiger partial charge in [-0.1, -0.05) is 37.6 Å². The van der Waals surface area contributed by atoms with Crippen LogP contribution in [0.25, 0.3) is 22.2 Å². The van der Waals surface area contributed by atoms with Crippen LogP contribution in [-0.2, 0) is 6.18 Å². The molecule has 134 valence electrons. The van der Waals surface area contributed by atoms with E-state index in [1.54, 1.807) is 32.2 Å². The summed E-state index contributed by atoms with van der Waals surface area (Å²) >= 11 is 6.28. The van der Waals surface area contributed by atoms with Gasteiger partial charge in [0.15, 0.2) is 11.3 Å². The quantitative estimate of drug-likeness (QED) is 0.499. The van der Waals surface area contributed by atoms with Crippen LogP contribution >= 0.6 is 11.6 Å². The lowest BCUT2D eigenvalue weighted by molar-refractivity contribution is -0.141. The molecule has 5 nitrogen and oxygen atoms in total. The maximum atomic E-state index is 13.5. The lowest BCUT2D eigenvalue weighted by atomic mass is 10.1. The maximum Gasteiger partial charge on any atom is 0.435 e. The molecule has 3 heterocycles. The number of imidazole rings is 1. The Morgan fingerprint density at radius 3 is 2.62 bits per heavy atom. The van der Waals surface area contributed by atoms with Crippen LogP contribution in [0.2, 0.25) is 5.02 Å². The van der Waals surface area contributed by atoms with Gasteiger partial charge in [0.1, 0.15) is 12.0 Å². The average Bonchev–Trinajstić information content (AvgIpc) is 3.16. The van der Waals surface area contributed by atoms with Gasteiger partial charge < -0.3 is 0 Å². The normalized spacial score (nSPS) is 12.6. The number of hydrogen-bond donors (Lipinski definition) is 0. The fourth-order valence-corrected chi connectivity index (χ4v) is 3.36. The Morgan fingerprint density at radius 2 is 1.92 bits per heavy atom. The molecule has 0 saturated heterocycles. The third-order valence-electron chi connectivity index (χ3n) is 4.14. The molecule has 0 bridgehead atoms. The van der Waals surface area contributed by atoms with Gasteiger partial charge in [0.2, 0.25) is 0 Å². The van der Waals surface area contributed by atoms with Gasteiger partial charge >= 0.3 is 6.18 Å². The van der Waals surface area contributed by atoms with E-state index < -0.39 is 17.8 Å². The van der Waals surface area contributed by atoms with Gasteiger partial charge in [0.05, 0.1) is 28.6 Å². The predicted molar refractivity (Wildman–Crippen MR) is 91.7 cm³/mol. The molecule has 1 aromatic carbocycles. The second-order valence-electron chi connectivity index (χ2n) is 6.20. The number of benzene rings is 1. The fourth-order valence-electron chi connectivity index (χ4n) is 3.10. The van der Waals surface area contributed by atoms with Crippen LogP contribution in [0.5, 0.6) is 0 Å². The first kappa shape index (κ1) is 16.8. The minimum absolute atomic E-state index is 0.0596. The van der Waals surface area contributed by atoms with E-state index in [2.05, 4.69) is 15.1 Å². The van der Waals surface area contributed by atoms with Crippen LogP contribution in [0.1, 0.15) is 31.2 Å². The van der Waals surface area contributed by atoms with Gasteiger partial charge in [0, 0.05) is 5.39 Å². The summed E-state index contributed by atoms with van der Waals surface area (Å²) in [7, 11) is 0. The highest BCUT2D eigenvalue weighted by molar-refractivity contribution is 6.35. The van der Waals surface area contributed by atoms with Crippen molar-refractivity contribution in [3.8, 4) is 5.69 Å². The van der Waals surface area contributed by atoms with Crippen molar-refractivity contribution in [1.29, 1.82) is 0 Å². The molecule has 0 amide bonds. The largest absolute Gasteiger partial charge is 0.435 e. The molecule has 0 saturated carbocycles. The van der Waals surface area contributed by atoms with Gasteiger partial charge in [-0.15, -0.1) is 0 Å². The number of alkyl halides is 3. The number of hydrogen-bond acceptors (Lipinski definition) is 3. The SMILES string of the molecule is CC(C)c1c(C(F)(F)F)nc2c(-n3ncc4cccc(Cl)c43)cncn12. The third kappa shape index (κ3) is 2.44. The van der Waals surface area contributed by atoms with Gasteiger partial charge in [-0.3, -0.25) is 4.40 Å². The van der Waals surface area contributed by atoms with Crippen molar-refractivity contribution in [2.75, 3.05) is 0 Å². The van der Waals surface area contributed by atoms with Crippen molar-refractivity contribution in [2.45, 2.75) is 25.9 Å². The fraction of sp³-hybridized carbons (Fsp3) is 0.235. The van der Waals surface area contributed by atoms with E-state index in [0.717, 1.165) is 5.39 Å². The number of halogens is 4. The Hall–Kier alpha value is -2.61. The molecule has 0 atom stereocenters. The molecule has 4 aromatic rings. The molecule has 0 aliphatic carbocycles. The van der Waals surface area contributed by atoms with E-state index in [1.807, 2.05) is 6.07 Å². The molecule has 0 spiro atoms. The Bertz CT molecular complexity index is 1130. The van der Waals surface area contributed by atoms with E-state index >= 15 is 0 Å². The molecule has 4 rings (SSSR count). The summed E-state index contributed by atoms with van der Waals surface area (Å²) in [6, 6.07) is 5.30. The minimum atomic E-state index is -4.56. The van der Waals surface area contributed by atoms with Crippen LogP contribution in [0.15, 0.2) is 36.9 Å².